The third-order valence-corrected chi connectivity index (χ3v) is 6.77. The number of benzene rings is 4. The molecule has 1 heterocycles. The number of nitrogens with zero attached hydrogens (tertiary/aromatic N) is 1. The molecule has 0 radical (unpaired) electrons. The van der Waals surface area contributed by atoms with Crippen LogP contribution < -0.4 is 0 Å². The second-order valence-corrected chi connectivity index (χ2v) is 8.61. The summed E-state index contributed by atoms with van der Waals surface area (Å²) < 4.78 is 28.4. The van der Waals surface area contributed by atoms with Crippen molar-refractivity contribution in [1.82, 2.24) is 3.97 Å². The minimum absolute atomic E-state index is 0.289. The molecule has 27 heavy (non-hydrogen) atoms. The lowest BCUT2D eigenvalue weighted by Gasteiger charge is -2.10. The number of aryl methyl sites for hydroxylation is 1. The number of hydrogen-bond donors (Lipinski definition) is 0. The van der Waals surface area contributed by atoms with E-state index in [4.69, 9.17) is 0 Å². The number of rotatable bonds is 2. The molecule has 0 aliphatic heterocycles. The largest absolute Gasteiger partial charge is 0.268 e. The van der Waals surface area contributed by atoms with Crippen LogP contribution in [0.4, 0.5) is 0 Å². The lowest BCUT2D eigenvalue weighted by molar-refractivity contribution is 0.590. The fourth-order valence-electron chi connectivity index (χ4n) is 3.75. The summed E-state index contributed by atoms with van der Waals surface area (Å²) in [5.41, 5.74) is 2.59. The second-order valence-electron chi connectivity index (χ2n) is 6.82. The van der Waals surface area contributed by atoms with Crippen molar-refractivity contribution in [3.05, 3.63) is 90.5 Å². The summed E-state index contributed by atoms with van der Waals surface area (Å²) in [6.07, 6.45) is 0. The molecule has 0 unspecified atom stereocenters. The van der Waals surface area contributed by atoms with E-state index in [1.165, 1.54) is 9.54 Å². The van der Waals surface area contributed by atoms with Gasteiger partial charge in [-0.05, 0) is 48.0 Å². The number of fused-ring (bicyclic) bond motifs is 4. The molecule has 0 fully saturated rings. The summed E-state index contributed by atoms with van der Waals surface area (Å²) in [5.74, 6) is 0. The maximum absolute atomic E-state index is 13.5. The minimum Gasteiger partial charge on any atom is -0.233 e. The molecule has 0 saturated carbocycles. The van der Waals surface area contributed by atoms with Crippen molar-refractivity contribution < 1.29 is 8.42 Å². The molecule has 0 spiro atoms. The molecule has 0 amide bonds. The lowest BCUT2D eigenvalue weighted by Crippen LogP contribution is -2.12. The molecular weight excluding hydrogens is 354 g/mol. The highest BCUT2D eigenvalue weighted by molar-refractivity contribution is 7.90. The first kappa shape index (κ1) is 16.1. The van der Waals surface area contributed by atoms with Gasteiger partial charge in [-0.3, -0.25) is 0 Å². The summed E-state index contributed by atoms with van der Waals surface area (Å²) in [5, 5.41) is 4.03. The number of aromatic nitrogens is 1. The molecule has 0 N–H and O–H groups in total. The standard InChI is InChI=1S/C23H17NO2S/c1-16-11-12-17-15-23-21(14-18(17)13-16)20-9-5-6-10-22(20)24(23)27(25,26)19-7-3-2-4-8-19/h2-15H,1H3. The average molecular weight is 371 g/mol. The van der Waals surface area contributed by atoms with Gasteiger partial charge in [0.15, 0.2) is 0 Å². The van der Waals surface area contributed by atoms with Crippen LogP contribution in [0.25, 0.3) is 32.6 Å². The van der Waals surface area contributed by atoms with Gasteiger partial charge < -0.3 is 0 Å². The van der Waals surface area contributed by atoms with Crippen molar-refractivity contribution >= 4 is 42.6 Å². The Labute approximate surface area is 157 Å². The predicted molar refractivity (Wildman–Crippen MR) is 111 cm³/mol. The minimum atomic E-state index is -3.71. The molecular formula is C23H17NO2S. The van der Waals surface area contributed by atoms with Crippen LogP contribution in [0.15, 0.2) is 89.8 Å². The Hall–Kier alpha value is -3.11. The summed E-state index contributed by atoms with van der Waals surface area (Å²) in [7, 11) is -3.71. The first-order valence-electron chi connectivity index (χ1n) is 8.80. The summed E-state index contributed by atoms with van der Waals surface area (Å²) in [4.78, 5) is 0.289. The fraction of sp³-hybridized carbons (Fsp3) is 0.0435. The molecule has 5 rings (SSSR count). The van der Waals surface area contributed by atoms with Crippen LogP contribution in [0.2, 0.25) is 0 Å². The SMILES string of the molecule is Cc1ccc2cc3c(cc2c1)c1ccccc1n3S(=O)(=O)c1ccccc1. The van der Waals surface area contributed by atoms with E-state index in [-0.39, 0.29) is 4.90 Å². The van der Waals surface area contributed by atoms with Gasteiger partial charge in [-0.25, -0.2) is 12.4 Å². The van der Waals surface area contributed by atoms with Crippen LogP contribution in [0.3, 0.4) is 0 Å². The molecule has 5 aromatic rings. The third-order valence-electron chi connectivity index (χ3n) is 5.02. The molecule has 3 nitrogen and oxygen atoms in total. The Bertz CT molecular complexity index is 1430. The molecule has 0 atom stereocenters. The Balaban J connectivity index is 1.98. The second kappa shape index (κ2) is 5.69. The Morgan fingerprint density at radius 1 is 0.667 bits per heavy atom. The third kappa shape index (κ3) is 2.37. The van der Waals surface area contributed by atoms with Gasteiger partial charge in [-0.1, -0.05) is 60.2 Å². The smallest absolute Gasteiger partial charge is 0.233 e. The highest BCUT2D eigenvalue weighted by Crippen LogP contribution is 2.35. The lowest BCUT2D eigenvalue weighted by atomic mass is 10.0. The van der Waals surface area contributed by atoms with Crippen molar-refractivity contribution in [3.63, 3.8) is 0 Å². The first-order valence-corrected chi connectivity index (χ1v) is 10.2. The van der Waals surface area contributed by atoms with E-state index in [9.17, 15) is 8.42 Å². The van der Waals surface area contributed by atoms with Gasteiger partial charge in [-0.15, -0.1) is 0 Å². The summed E-state index contributed by atoms with van der Waals surface area (Å²) in [6.45, 7) is 2.06. The van der Waals surface area contributed by atoms with E-state index < -0.39 is 10.0 Å². The van der Waals surface area contributed by atoms with Gasteiger partial charge in [0.2, 0.25) is 0 Å². The molecule has 132 valence electrons. The van der Waals surface area contributed by atoms with E-state index in [1.54, 1.807) is 24.3 Å². The molecule has 0 aliphatic rings. The first-order chi connectivity index (χ1) is 13.1. The molecule has 0 aliphatic carbocycles. The Kier molecular flexibility index (Phi) is 3.39. The monoisotopic (exact) mass is 371 g/mol. The van der Waals surface area contributed by atoms with Crippen molar-refractivity contribution in [3.8, 4) is 0 Å². The maximum atomic E-state index is 13.5. The van der Waals surface area contributed by atoms with Gasteiger partial charge >= 0.3 is 0 Å². The van der Waals surface area contributed by atoms with Crippen LogP contribution in [0, 0.1) is 6.92 Å². The molecule has 0 saturated heterocycles. The topological polar surface area (TPSA) is 39.1 Å². The highest BCUT2D eigenvalue weighted by atomic mass is 32.2. The Morgan fingerprint density at radius 3 is 2.22 bits per heavy atom. The molecule has 0 bridgehead atoms. The van der Waals surface area contributed by atoms with Crippen LogP contribution >= 0.6 is 0 Å². The van der Waals surface area contributed by atoms with E-state index in [0.717, 1.165) is 21.5 Å². The van der Waals surface area contributed by atoms with E-state index in [0.29, 0.717) is 11.0 Å². The van der Waals surface area contributed by atoms with Gasteiger partial charge in [0.25, 0.3) is 10.0 Å². The zero-order valence-electron chi connectivity index (χ0n) is 14.8. The highest BCUT2D eigenvalue weighted by Gasteiger charge is 2.23. The van der Waals surface area contributed by atoms with Crippen molar-refractivity contribution in [2.24, 2.45) is 0 Å². The van der Waals surface area contributed by atoms with Crippen molar-refractivity contribution in [1.29, 1.82) is 0 Å². The summed E-state index contributed by atoms with van der Waals surface area (Å²) in [6, 6.07) is 26.6. The molecule has 4 aromatic carbocycles. The number of hydrogen-bond acceptors (Lipinski definition) is 2. The number of para-hydroxylation sites is 1. The summed E-state index contributed by atoms with van der Waals surface area (Å²) >= 11 is 0. The van der Waals surface area contributed by atoms with Crippen LogP contribution in [-0.4, -0.2) is 12.4 Å². The predicted octanol–water partition coefficient (Wildman–Crippen LogP) is 5.49. The zero-order chi connectivity index (χ0) is 18.6. The molecule has 4 heteroatoms. The van der Waals surface area contributed by atoms with E-state index in [1.807, 2.05) is 48.5 Å². The van der Waals surface area contributed by atoms with E-state index >= 15 is 0 Å². The van der Waals surface area contributed by atoms with Gasteiger partial charge in [-0.2, -0.15) is 0 Å². The zero-order valence-corrected chi connectivity index (χ0v) is 15.6. The fourth-order valence-corrected chi connectivity index (χ4v) is 5.29. The maximum Gasteiger partial charge on any atom is 0.268 e. The van der Waals surface area contributed by atoms with Crippen LogP contribution in [0.5, 0.6) is 0 Å². The van der Waals surface area contributed by atoms with Gasteiger partial charge in [0.1, 0.15) is 0 Å². The van der Waals surface area contributed by atoms with Crippen LogP contribution in [-0.2, 0) is 10.0 Å². The normalized spacial score (nSPS) is 12.2. The van der Waals surface area contributed by atoms with E-state index in [2.05, 4.69) is 19.1 Å². The Morgan fingerprint density at radius 2 is 1.41 bits per heavy atom. The van der Waals surface area contributed by atoms with Gasteiger partial charge in [0.05, 0.1) is 15.9 Å². The quantitative estimate of drug-likeness (QED) is 0.411. The van der Waals surface area contributed by atoms with Crippen molar-refractivity contribution in [2.75, 3.05) is 0 Å². The van der Waals surface area contributed by atoms with Crippen molar-refractivity contribution in [2.45, 2.75) is 11.8 Å². The van der Waals surface area contributed by atoms with Gasteiger partial charge in [0, 0.05) is 10.8 Å². The van der Waals surface area contributed by atoms with Crippen LogP contribution in [0.1, 0.15) is 5.56 Å². The average Bonchev–Trinajstić information content (AvgIpc) is 3.01. The molecule has 1 aromatic heterocycles.